The highest BCUT2D eigenvalue weighted by Gasteiger charge is 2.32. The molecule has 2 fully saturated rings. The van der Waals surface area contributed by atoms with E-state index in [1.807, 2.05) is 4.57 Å². The molecule has 1 radical (unpaired) electrons. The SMILES string of the molecule is CCCn1c(O[C@H]2CCOC2)nc(=O)c2c1N=C(C1CCCC1)[N]2. The summed E-state index contributed by atoms with van der Waals surface area (Å²) in [4.78, 5) is 21.3. The molecular formula is C17H23N4O3. The van der Waals surface area contributed by atoms with E-state index >= 15 is 0 Å². The predicted octanol–water partition coefficient (Wildman–Crippen LogP) is 2.29. The molecule has 7 nitrogen and oxygen atoms in total. The van der Waals surface area contributed by atoms with E-state index in [4.69, 9.17) is 14.5 Å². The molecule has 1 aliphatic carbocycles. The van der Waals surface area contributed by atoms with Gasteiger partial charge in [0.05, 0.1) is 13.2 Å². The molecule has 2 aliphatic heterocycles. The molecule has 129 valence electrons. The lowest BCUT2D eigenvalue weighted by atomic mass is 10.1. The van der Waals surface area contributed by atoms with Gasteiger partial charge in [0.15, 0.2) is 11.5 Å². The second kappa shape index (κ2) is 6.55. The molecule has 1 aromatic heterocycles. The quantitative estimate of drug-likeness (QED) is 0.829. The summed E-state index contributed by atoms with van der Waals surface area (Å²) < 4.78 is 13.2. The molecule has 1 aromatic rings. The molecule has 3 heterocycles. The Morgan fingerprint density at radius 3 is 2.83 bits per heavy atom. The maximum Gasteiger partial charge on any atom is 0.304 e. The van der Waals surface area contributed by atoms with Crippen molar-refractivity contribution in [3.05, 3.63) is 10.4 Å². The number of hydrogen-bond acceptors (Lipinski definition) is 5. The van der Waals surface area contributed by atoms with Gasteiger partial charge in [-0.1, -0.05) is 19.8 Å². The van der Waals surface area contributed by atoms with Crippen molar-refractivity contribution >= 4 is 17.3 Å². The van der Waals surface area contributed by atoms with Gasteiger partial charge in [-0.25, -0.2) is 10.3 Å². The molecule has 3 aliphatic rings. The Kier molecular flexibility index (Phi) is 4.26. The second-order valence-electron chi connectivity index (χ2n) is 6.69. The molecule has 0 bridgehead atoms. The molecule has 0 spiro atoms. The highest BCUT2D eigenvalue weighted by molar-refractivity contribution is 5.96. The van der Waals surface area contributed by atoms with Gasteiger partial charge >= 0.3 is 11.6 Å². The molecular weight excluding hydrogens is 308 g/mol. The third-order valence-corrected chi connectivity index (χ3v) is 4.87. The Bertz CT molecular complexity index is 701. The average molecular weight is 331 g/mol. The number of ether oxygens (including phenoxy) is 2. The summed E-state index contributed by atoms with van der Waals surface area (Å²) in [5.41, 5.74) is 0.0309. The van der Waals surface area contributed by atoms with Crippen LogP contribution in [0.2, 0.25) is 0 Å². The fourth-order valence-electron chi connectivity index (χ4n) is 3.61. The van der Waals surface area contributed by atoms with Gasteiger partial charge in [-0.2, -0.15) is 4.98 Å². The lowest BCUT2D eigenvalue weighted by Gasteiger charge is -2.17. The Morgan fingerprint density at radius 2 is 2.12 bits per heavy atom. The van der Waals surface area contributed by atoms with E-state index in [0.717, 1.165) is 31.5 Å². The van der Waals surface area contributed by atoms with Crippen LogP contribution < -0.4 is 15.6 Å². The van der Waals surface area contributed by atoms with Crippen LogP contribution in [0, 0.1) is 5.92 Å². The zero-order valence-electron chi connectivity index (χ0n) is 14.0. The number of aliphatic imine (C=N–C) groups is 1. The molecule has 1 saturated carbocycles. The molecule has 7 heteroatoms. The van der Waals surface area contributed by atoms with Crippen LogP contribution in [0.5, 0.6) is 6.01 Å². The van der Waals surface area contributed by atoms with Crippen LogP contribution in [-0.4, -0.2) is 34.7 Å². The molecule has 0 amide bonds. The van der Waals surface area contributed by atoms with E-state index in [-0.39, 0.29) is 11.7 Å². The highest BCUT2D eigenvalue weighted by atomic mass is 16.6. The van der Waals surface area contributed by atoms with E-state index in [2.05, 4.69) is 17.2 Å². The summed E-state index contributed by atoms with van der Waals surface area (Å²) in [6, 6.07) is 0.350. The lowest BCUT2D eigenvalue weighted by molar-refractivity contribution is 0.129. The standard InChI is InChI=1S/C17H23N4O3/c1-2-8-21-15-13(18-14(19-15)11-5-3-4-6-11)16(22)20-17(21)24-12-7-9-23-10-12/h11-12H,2-10H2,1H3/t12-/m0/s1. The van der Waals surface area contributed by atoms with Gasteiger partial charge in [-0.05, 0) is 19.3 Å². The van der Waals surface area contributed by atoms with Crippen LogP contribution in [-0.2, 0) is 11.3 Å². The first-order valence-corrected chi connectivity index (χ1v) is 8.96. The minimum atomic E-state index is -0.344. The molecule has 0 N–H and O–H groups in total. The Morgan fingerprint density at radius 1 is 1.29 bits per heavy atom. The Hall–Kier alpha value is -1.89. The fourth-order valence-corrected chi connectivity index (χ4v) is 3.61. The summed E-state index contributed by atoms with van der Waals surface area (Å²) in [5, 5.41) is 4.52. The van der Waals surface area contributed by atoms with Gasteiger partial charge in [0.1, 0.15) is 11.9 Å². The normalized spacial score (nSPS) is 23.2. The van der Waals surface area contributed by atoms with Crippen molar-refractivity contribution < 1.29 is 9.47 Å². The second-order valence-corrected chi connectivity index (χ2v) is 6.69. The molecule has 0 unspecified atom stereocenters. The van der Waals surface area contributed by atoms with E-state index < -0.39 is 0 Å². The third kappa shape index (κ3) is 2.81. The first-order chi connectivity index (χ1) is 11.8. The minimum Gasteiger partial charge on any atom is -0.459 e. The van der Waals surface area contributed by atoms with Gasteiger partial charge in [-0.3, -0.25) is 9.36 Å². The van der Waals surface area contributed by atoms with E-state index in [1.165, 1.54) is 12.8 Å². The van der Waals surface area contributed by atoms with Crippen LogP contribution in [0.15, 0.2) is 9.79 Å². The van der Waals surface area contributed by atoms with Crippen molar-refractivity contribution in [1.29, 1.82) is 0 Å². The Labute approximate surface area is 141 Å². The average Bonchev–Trinajstić information content (AvgIpc) is 3.30. The highest BCUT2D eigenvalue weighted by Crippen LogP contribution is 2.36. The lowest BCUT2D eigenvalue weighted by Crippen LogP contribution is -2.25. The van der Waals surface area contributed by atoms with E-state index in [1.54, 1.807) is 0 Å². The predicted molar refractivity (Wildman–Crippen MR) is 89.5 cm³/mol. The van der Waals surface area contributed by atoms with Gasteiger partial charge < -0.3 is 9.47 Å². The van der Waals surface area contributed by atoms with Crippen molar-refractivity contribution in [1.82, 2.24) is 14.9 Å². The largest absolute Gasteiger partial charge is 0.459 e. The van der Waals surface area contributed by atoms with Gasteiger partial charge in [0.2, 0.25) is 0 Å². The number of aromatic nitrogens is 2. The summed E-state index contributed by atoms with van der Waals surface area (Å²) in [6.07, 6.45) is 6.31. The van der Waals surface area contributed by atoms with Gasteiger partial charge in [-0.15, -0.1) is 0 Å². The maximum atomic E-state index is 12.4. The van der Waals surface area contributed by atoms with Crippen LogP contribution in [0.3, 0.4) is 0 Å². The van der Waals surface area contributed by atoms with Crippen molar-refractivity contribution in [2.45, 2.75) is 58.1 Å². The van der Waals surface area contributed by atoms with E-state index in [0.29, 0.717) is 43.2 Å². The zero-order chi connectivity index (χ0) is 16.5. The zero-order valence-corrected chi connectivity index (χ0v) is 14.0. The van der Waals surface area contributed by atoms with Crippen molar-refractivity contribution in [2.75, 3.05) is 13.2 Å². The van der Waals surface area contributed by atoms with Crippen molar-refractivity contribution in [3.63, 3.8) is 0 Å². The fraction of sp³-hybridized carbons (Fsp3) is 0.706. The summed E-state index contributed by atoms with van der Waals surface area (Å²) in [7, 11) is 0. The number of nitrogens with zero attached hydrogens (tertiary/aromatic N) is 4. The van der Waals surface area contributed by atoms with Crippen molar-refractivity contribution in [3.8, 4) is 6.01 Å². The summed E-state index contributed by atoms with van der Waals surface area (Å²) in [6.45, 7) is 4.02. The number of hydrogen-bond donors (Lipinski definition) is 0. The van der Waals surface area contributed by atoms with Gasteiger partial charge in [0, 0.05) is 18.9 Å². The number of fused-ring (bicyclic) bond motifs is 1. The number of amidine groups is 1. The van der Waals surface area contributed by atoms with E-state index in [9.17, 15) is 4.79 Å². The topological polar surface area (TPSA) is 79.8 Å². The minimum absolute atomic E-state index is 0.0466. The van der Waals surface area contributed by atoms with Crippen LogP contribution >= 0.6 is 0 Å². The van der Waals surface area contributed by atoms with Crippen LogP contribution in [0.4, 0.5) is 11.5 Å². The molecule has 24 heavy (non-hydrogen) atoms. The molecule has 0 aromatic carbocycles. The smallest absolute Gasteiger partial charge is 0.304 e. The van der Waals surface area contributed by atoms with Crippen LogP contribution in [0.25, 0.3) is 0 Å². The molecule has 4 rings (SSSR count). The first kappa shape index (κ1) is 15.6. The molecule has 1 atom stereocenters. The summed E-state index contributed by atoms with van der Waals surface area (Å²) >= 11 is 0. The molecule has 1 saturated heterocycles. The summed E-state index contributed by atoms with van der Waals surface area (Å²) in [5.74, 6) is 1.79. The monoisotopic (exact) mass is 331 g/mol. The number of rotatable bonds is 5. The van der Waals surface area contributed by atoms with Crippen LogP contribution in [0.1, 0.15) is 45.4 Å². The van der Waals surface area contributed by atoms with Gasteiger partial charge in [0.25, 0.3) is 0 Å². The first-order valence-electron chi connectivity index (χ1n) is 8.96. The maximum absolute atomic E-state index is 12.4. The van der Waals surface area contributed by atoms with Crippen molar-refractivity contribution in [2.24, 2.45) is 10.9 Å². The third-order valence-electron chi connectivity index (χ3n) is 4.87. The Balaban J connectivity index is 1.70.